The van der Waals surface area contributed by atoms with E-state index in [4.69, 9.17) is 4.74 Å². The van der Waals surface area contributed by atoms with Crippen LogP contribution in [0.25, 0.3) is 6.08 Å². The molecule has 0 N–H and O–H groups in total. The highest BCUT2D eigenvalue weighted by Gasteiger charge is 2.06. The third kappa shape index (κ3) is 10.6. The van der Waals surface area contributed by atoms with Gasteiger partial charge in [0.25, 0.3) is 0 Å². The standard InChI is InChI=1S/C23H35NO3/c1-4-5-6-7-8-9-10-11-12-13-18-27-21-16-14-20(15-17-21)19-22(24-2)23(25)26-3/h14-17,19H,2,4-13,18H2,1,3H3/b22-19-. The Kier molecular flexibility index (Phi) is 12.7. The van der Waals surface area contributed by atoms with E-state index in [0.29, 0.717) is 0 Å². The number of carbonyl (C=O) groups excluding carboxylic acids is 1. The van der Waals surface area contributed by atoms with E-state index in [0.717, 1.165) is 24.3 Å². The molecule has 0 aromatic heterocycles. The van der Waals surface area contributed by atoms with Crippen LogP contribution in [0.5, 0.6) is 5.75 Å². The number of rotatable bonds is 15. The first kappa shape index (κ1) is 22.9. The molecule has 4 heteroatoms. The van der Waals surface area contributed by atoms with Crippen molar-refractivity contribution in [3.63, 3.8) is 0 Å². The van der Waals surface area contributed by atoms with Gasteiger partial charge in [-0.05, 0) is 36.9 Å². The second-order valence-corrected chi connectivity index (χ2v) is 6.78. The number of benzene rings is 1. The third-order valence-corrected chi connectivity index (χ3v) is 4.51. The first-order chi connectivity index (χ1) is 13.2. The molecule has 0 spiro atoms. The number of hydrogen-bond donors (Lipinski definition) is 0. The van der Waals surface area contributed by atoms with Gasteiger partial charge in [-0.2, -0.15) is 0 Å². The van der Waals surface area contributed by atoms with Crippen molar-refractivity contribution in [2.75, 3.05) is 13.7 Å². The summed E-state index contributed by atoms with van der Waals surface area (Å²) in [7, 11) is 1.33. The summed E-state index contributed by atoms with van der Waals surface area (Å²) in [6.07, 6.45) is 14.8. The zero-order valence-corrected chi connectivity index (χ0v) is 17.0. The minimum absolute atomic E-state index is 0.191. The number of aliphatic imine (C=N–C) groups is 1. The number of ether oxygens (including phenoxy) is 2. The van der Waals surface area contributed by atoms with Crippen molar-refractivity contribution < 1.29 is 14.3 Å². The summed E-state index contributed by atoms with van der Waals surface area (Å²) >= 11 is 0. The van der Waals surface area contributed by atoms with E-state index in [2.05, 4.69) is 23.4 Å². The van der Waals surface area contributed by atoms with Gasteiger partial charge in [0.05, 0.1) is 13.7 Å². The summed E-state index contributed by atoms with van der Waals surface area (Å²) in [5.41, 5.74) is 1.05. The van der Waals surface area contributed by atoms with E-state index in [1.54, 1.807) is 6.08 Å². The van der Waals surface area contributed by atoms with Gasteiger partial charge < -0.3 is 9.47 Å². The molecule has 0 bridgehead atoms. The van der Waals surface area contributed by atoms with Crippen LogP contribution in [0.3, 0.4) is 0 Å². The van der Waals surface area contributed by atoms with Gasteiger partial charge in [0.2, 0.25) is 0 Å². The molecule has 0 saturated carbocycles. The SMILES string of the molecule is C=N/C(=C\c1ccc(OCCCCCCCCCCCC)cc1)C(=O)OC. The zero-order valence-electron chi connectivity index (χ0n) is 17.0. The number of carbonyl (C=O) groups is 1. The van der Waals surface area contributed by atoms with Crippen LogP contribution >= 0.6 is 0 Å². The number of unbranched alkanes of at least 4 members (excludes halogenated alkanes) is 9. The van der Waals surface area contributed by atoms with Gasteiger partial charge in [-0.1, -0.05) is 76.8 Å². The molecule has 0 aliphatic rings. The Morgan fingerprint density at radius 3 is 2.04 bits per heavy atom. The van der Waals surface area contributed by atoms with Gasteiger partial charge in [0, 0.05) is 0 Å². The molecule has 1 aromatic rings. The maximum Gasteiger partial charge on any atom is 0.356 e. The maximum atomic E-state index is 11.5. The molecule has 0 amide bonds. The minimum Gasteiger partial charge on any atom is -0.494 e. The van der Waals surface area contributed by atoms with Gasteiger partial charge in [-0.15, -0.1) is 0 Å². The van der Waals surface area contributed by atoms with E-state index in [-0.39, 0.29) is 5.70 Å². The predicted octanol–water partition coefficient (Wildman–Crippen LogP) is 6.20. The van der Waals surface area contributed by atoms with E-state index < -0.39 is 5.97 Å². The normalized spacial score (nSPS) is 11.3. The van der Waals surface area contributed by atoms with Crippen LogP contribution in [0.15, 0.2) is 35.0 Å². The topological polar surface area (TPSA) is 47.9 Å². The van der Waals surface area contributed by atoms with E-state index in [1.165, 1.54) is 64.9 Å². The van der Waals surface area contributed by atoms with Crippen molar-refractivity contribution in [2.24, 2.45) is 4.99 Å². The lowest BCUT2D eigenvalue weighted by molar-refractivity contribution is -0.136. The van der Waals surface area contributed by atoms with Crippen molar-refractivity contribution in [2.45, 2.75) is 71.1 Å². The molecule has 0 aliphatic heterocycles. The third-order valence-electron chi connectivity index (χ3n) is 4.51. The number of hydrogen-bond acceptors (Lipinski definition) is 4. The summed E-state index contributed by atoms with van der Waals surface area (Å²) < 4.78 is 10.4. The molecule has 0 saturated heterocycles. The summed E-state index contributed by atoms with van der Waals surface area (Å²) in [4.78, 5) is 15.2. The quantitative estimate of drug-likeness (QED) is 0.159. The molecule has 150 valence electrons. The molecule has 4 nitrogen and oxygen atoms in total. The summed E-state index contributed by atoms with van der Waals surface area (Å²) in [6.45, 7) is 6.40. The van der Waals surface area contributed by atoms with E-state index in [1.807, 2.05) is 24.3 Å². The lowest BCUT2D eigenvalue weighted by Crippen LogP contribution is -2.02. The summed E-state index contributed by atoms with van der Waals surface area (Å²) in [5, 5.41) is 0. The molecule has 1 aromatic carbocycles. The Hall–Kier alpha value is -2.10. The lowest BCUT2D eigenvalue weighted by Gasteiger charge is -2.07. The fourth-order valence-corrected chi connectivity index (χ4v) is 2.87. The van der Waals surface area contributed by atoms with Crippen LogP contribution in [0.4, 0.5) is 0 Å². The van der Waals surface area contributed by atoms with Crippen LogP contribution in [-0.4, -0.2) is 26.4 Å². The van der Waals surface area contributed by atoms with Crippen molar-refractivity contribution in [1.29, 1.82) is 0 Å². The van der Waals surface area contributed by atoms with Gasteiger partial charge in [-0.25, -0.2) is 4.79 Å². The molecule has 0 radical (unpaired) electrons. The largest absolute Gasteiger partial charge is 0.494 e. The van der Waals surface area contributed by atoms with Crippen molar-refractivity contribution in [1.82, 2.24) is 0 Å². The van der Waals surface area contributed by atoms with Crippen molar-refractivity contribution in [3.05, 3.63) is 35.5 Å². The van der Waals surface area contributed by atoms with Crippen LogP contribution < -0.4 is 4.74 Å². The van der Waals surface area contributed by atoms with E-state index >= 15 is 0 Å². The summed E-state index contributed by atoms with van der Waals surface area (Å²) in [5.74, 6) is 0.348. The Morgan fingerprint density at radius 1 is 0.963 bits per heavy atom. The predicted molar refractivity (Wildman–Crippen MR) is 113 cm³/mol. The van der Waals surface area contributed by atoms with Crippen LogP contribution in [0, 0.1) is 0 Å². The van der Waals surface area contributed by atoms with Crippen LogP contribution in [0.1, 0.15) is 76.7 Å². The molecule has 1 rings (SSSR count). The lowest BCUT2D eigenvalue weighted by atomic mass is 10.1. The van der Waals surface area contributed by atoms with Gasteiger partial charge in [0.15, 0.2) is 0 Å². The molecule has 27 heavy (non-hydrogen) atoms. The summed E-state index contributed by atoms with van der Waals surface area (Å²) in [6, 6.07) is 7.59. The smallest absolute Gasteiger partial charge is 0.356 e. The molecular weight excluding hydrogens is 338 g/mol. The van der Waals surface area contributed by atoms with Crippen LogP contribution in [-0.2, 0) is 9.53 Å². The van der Waals surface area contributed by atoms with Crippen LogP contribution in [0.2, 0.25) is 0 Å². The second-order valence-electron chi connectivity index (χ2n) is 6.78. The van der Waals surface area contributed by atoms with Crippen molar-refractivity contribution in [3.8, 4) is 5.75 Å². The Labute approximate surface area is 164 Å². The minimum atomic E-state index is -0.494. The second kappa shape index (κ2) is 15.0. The molecule has 0 fully saturated rings. The fraction of sp³-hybridized carbons (Fsp3) is 0.565. The Bertz CT molecular complexity index is 563. The molecule has 0 heterocycles. The average molecular weight is 374 g/mol. The Morgan fingerprint density at radius 2 is 1.52 bits per heavy atom. The zero-order chi connectivity index (χ0) is 19.7. The van der Waals surface area contributed by atoms with Gasteiger partial charge >= 0.3 is 5.97 Å². The Balaban J connectivity index is 2.17. The highest BCUT2D eigenvalue weighted by molar-refractivity contribution is 5.93. The molecule has 0 unspecified atom stereocenters. The molecular formula is C23H35NO3. The molecule has 0 aliphatic carbocycles. The number of methoxy groups -OCH3 is 1. The fourth-order valence-electron chi connectivity index (χ4n) is 2.87. The molecule has 0 atom stereocenters. The highest BCUT2D eigenvalue weighted by atomic mass is 16.5. The van der Waals surface area contributed by atoms with Crippen molar-refractivity contribution >= 4 is 18.8 Å². The van der Waals surface area contributed by atoms with Gasteiger partial charge in [0.1, 0.15) is 11.4 Å². The monoisotopic (exact) mass is 373 g/mol. The first-order valence-corrected chi connectivity index (χ1v) is 10.2. The van der Waals surface area contributed by atoms with E-state index in [9.17, 15) is 4.79 Å². The average Bonchev–Trinajstić information content (AvgIpc) is 2.70. The van der Waals surface area contributed by atoms with Gasteiger partial charge in [-0.3, -0.25) is 4.99 Å². The highest BCUT2D eigenvalue weighted by Crippen LogP contribution is 2.16. The number of nitrogens with zero attached hydrogens (tertiary/aromatic N) is 1. The maximum absolute atomic E-state index is 11.5. The number of esters is 1. The first-order valence-electron chi connectivity index (χ1n) is 10.2.